The lowest BCUT2D eigenvalue weighted by Crippen LogP contribution is -2.46. The zero-order valence-electron chi connectivity index (χ0n) is 13.5. The van der Waals surface area contributed by atoms with E-state index in [1.807, 2.05) is 0 Å². The maximum Gasteiger partial charge on any atom is 0.262 e. The van der Waals surface area contributed by atoms with E-state index in [9.17, 15) is 9.90 Å². The summed E-state index contributed by atoms with van der Waals surface area (Å²) in [5.74, 6) is 0.688. The Labute approximate surface area is 139 Å². The summed E-state index contributed by atoms with van der Waals surface area (Å²) in [4.78, 5) is 19.7. The van der Waals surface area contributed by atoms with Crippen LogP contribution in [-0.4, -0.2) is 33.3 Å². The molecule has 0 aromatic carbocycles. The molecule has 3 heterocycles. The summed E-state index contributed by atoms with van der Waals surface area (Å²) >= 11 is 1.67. The fourth-order valence-corrected chi connectivity index (χ4v) is 5.19. The molecule has 1 aliphatic heterocycles. The van der Waals surface area contributed by atoms with Gasteiger partial charge in [0.2, 0.25) is 0 Å². The highest BCUT2D eigenvalue weighted by atomic mass is 32.1. The van der Waals surface area contributed by atoms with Crippen molar-refractivity contribution in [2.75, 3.05) is 13.1 Å². The van der Waals surface area contributed by atoms with Gasteiger partial charge in [-0.15, -0.1) is 11.3 Å². The zero-order valence-corrected chi connectivity index (χ0v) is 14.3. The summed E-state index contributed by atoms with van der Waals surface area (Å²) in [6.45, 7) is 4.21. The van der Waals surface area contributed by atoms with E-state index in [2.05, 4.69) is 17.2 Å². The Morgan fingerprint density at radius 1 is 1.48 bits per heavy atom. The summed E-state index contributed by atoms with van der Waals surface area (Å²) in [7, 11) is 0. The van der Waals surface area contributed by atoms with Gasteiger partial charge in [0, 0.05) is 4.88 Å². The van der Waals surface area contributed by atoms with Crippen LogP contribution in [0.5, 0.6) is 0 Å². The van der Waals surface area contributed by atoms with Crippen LogP contribution in [0.2, 0.25) is 0 Å². The highest BCUT2D eigenvalue weighted by molar-refractivity contribution is 7.18. The van der Waals surface area contributed by atoms with Crippen molar-refractivity contribution < 1.29 is 5.11 Å². The van der Waals surface area contributed by atoms with Crippen LogP contribution in [0.1, 0.15) is 36.6 Å². The van der Waals surface area contributed by atoms with Gasteiger partial charge in [-0.1, -0.05) is 6.92 Å². The molecule has 1 fully saturated rings. The van der Waals surface area contributed by atoms with E-state index in [0.29, 0.717) is 25.3 Å². The molecule has 1 saturated heterocycles. The Kier molecular flexibility index (Phi) is 3.78. The summed E-state index contributed by atoms with van der Waals surface area (Å²) in [5, 5.41) is 14.8. The number of aliphatic hydroxyl groups is 1. The first-order valence-electron chi connectivity index (χ1n) is 8.48. The molecule has 1 atom stereocenters. The highest BCUT2D eigenvalue weighted by Crippen LogP contribution is 2.35. The van der Waals surface area contributed by atoms with Crippen molar-refractivity contribution in [1.82, 2.24) is 14.9 Å². The van der Waals surface area contributed by atoms with Crippen molar-refractivity contribution in [3.05, 3.63) is 27.1 Å². The molecule has 1 aliphatic carbocycles. The molecule has 4 rings (SSSR count). The maximum absolute atomic E-state index is 13.0. The van der Waals surface area contributed by atoms with Gasteiger partial charge in [-0.3, -0.25) is 9.36 Å². The summed E-state index contributed by atoms with van der Waals surface area (Å²) in [6.07, 6.45) is 6.16. The van der Waals surface area contributed by atoms with Crippen molar-refractivity contribution in [1.29, 1.82) is 0 Å². The molecule has 124 valence electrons. The molecular formula is C17H23N3O2S. The van der Waals surface area contributed by atoms with E-state index < -0.39 is 5.60 Å². The topological polar surface area (TPSA) is 67.2 Å². The number of aromatic nitrogens is 2. The molecule has 0 unspecified atom stereocenters. The van der Waals surface area contributed by atoms with Gasteiger partial charge >= 0.3 is 0 Å². The van der Waals surface area contributed by atoms with E-state index >= 15 is 0 Å². The fourth-order valence-electron chi connectivity index (χ4n) is 3.85. The van der Waals surface area contributed by atoms with Gasteiger partial charge in [0.25, 0.3) is 5.56 Å². The van der Waals surface area contributed by atoms with E-state index in [-0.39, 0.29) is 5.56 Å². The molecule has 2 N–H and O–H groups in total. The first kappa shape index (κ1) is 15.3. The smallest absolute Gasteiger partial charge is 0.262 e. The molecule has 0 bridgehead atoms. The van der Waals surface area contributed by atoms with E-state index in [4.69, 9.17) is 0 Å². The highest BCUT2D eigenvalue weighted by Gasteiger charge is 2.31. The third kappa shape index (κ3) is 2.73. The van der Waals surface area contributed by atoms with Gasteiger partial charge in [0.15, 0.2) is 0 Å². The SMILES string of the molecule is C[C@H]1CCc2c(sc3ncn(CC4(O)CCNCC4)c(=O)c23)C1. The minimum Gasteiger partial charge on any atom is -0.388 e. The van der Waals surface area contributed by atoms with Gasteiger partial charge in [-0.2, -0.15) is 0 Å². The molecule has 0 saturated carbocycles. The van der Waals surface area contributed by atoms with Crippen molar-refractivity contribution >= 4 is 21.6 Å². The molecular weight excluding hydrogens is 310 g/mol. The number of nitrogens with one attached hydrogen (secondary N) is 1. The predicted octanol–water partition coefficient (Wildman–Crippen LogP) is 1.70. The van der Waals surface area contributed by atoms with E-state index in [1.54, 1.807) is 22.2 Å². The summed E-state index contributed by atoms with van der Waals surface area (Å²) in [6, 6.07) is 0. The lowest BCUT2D eigenvalue weighted by atomic mass is 9.89. The number of hydrogen-bond acceptors (Lipinski definition) is 5. The second kappa shape index (κ2) is 5.69. The molecule has 2 aliphatic rings. The minimum absolute atomic E-state index is 0.0222. The van der Waals surface area contributed by atoms with Crippen LogP contribution in [0.3, 0.4) is 0 Å². The van der Waals surface area contributed by atoms with Crippen LogP contribution >= 0.6 is 11.3 Å². The quantitative estimate of drug-likeness (QED) is 0.878. The number of fused-ring (bicyclic) bond motifs is 3. The zero-order chi connectivity index (χ0) is 16.0. The van der Waals surface area contributed by atoms with Crippen molar-refractivity contribution in [2.24, 2.45) is 5.92 Å². The first-order valence-corrected chi connectivity index (χ1v) is 9.30. The molecule has 0 amide bonds. The average Bonchev–Trinajstić information content (AvgIpc) is 2.89. The minimum atomic E-state index is -0.797. The molecule has 2 aromatic heterocycles. The molecule has 0 spiro atoms. The van der Waals surface area contributed by atoms with Gasteiger partial charge in [0.05, 0.1) is 23.9 Å². The lowest BCUT2D eigenvalue weighted by molar-refractivity contribution is -0.00627. The average molecular weight is 333 g/mol. The third-order valence-corrected chi connectivity index (χ3v) is 6.44. The van der Waals surface area contributed by atoms with Crippen LogP contribution in [0.25, 0.3) is 10.2 Å². The van der Waals surface area contributed by atoms with E-state index in [1.165, 1.54) is 10.4 Å². The number of piperidine rings is 1. The largest absolute Gasteiger partial charge is 0.388 e. The molecule has 23 heavy (non-hydrogen) atoms. The van der Waals surface area contributed by atoms with E-state index in [0.717, 1.165) is 42.6 Å². The molecule has 6 heteroatoms. The third-order valence-electron chi connectivity index (χ3n) is 5.28. The van der Waals surface area contributed by atoms with Crippen LogP contribution in [-0.2, 0) is 19.4 Å². The Balaban J connectivity index is 1.74. The predicted molar refractivity (Wildman–Crippen MR) is 92.1 cm³/mol. The summed E-state index contributed by atoms with van der Waals surface area (Å²) in [5.41, 5.74) is 0.441. The van der Waals surface area contributed by atoms with Gasteiger partial charge in [-0.25, -0.2) is 4.98 Å². The van der Waals surface area contributed by atoms with Crippen molar-refractivity contribution in [3.8, 4) is 0 Å². The Morgan fingerprint density at radius 2 is 2.26 bits per heavy atom. The molecule has 0 radical (unpaired) electrons. The Hall–Kier alpha value is -1.24. The Morgan fingerprint density at radius 3 is 3.04 bits per heavy atom. The second-order valence-electron chi connectivity index (χ2n) is 7.18. The fraction of sp³-hybridized carbons (Fsp3) is 0.647. The monoisotopic (exact) mass is 333 g/mol. The number of rotatable bonds is 2. The van der Waals surface area contributed by atoms with Crippen LogP contribution in [0.15, 0.2) is 11.1 Å². The first-order chi connectivity index (χ1) is 11.1. The number of nitrogens with zero attached hydrogens (tertiary/aromatic N) is 2. The second-order valence-corrected chi connectivity index (χ2v) is 8.27. The number of thiophene rings is 1. The van der Waals surface area contributed by atoms with Gasteiger partial charge < -0.3 is 10.4 Å². The van der Waals surface area contributed by atoms with Crippen LogP contribution in [0.4, 0.5) is 0 Å². The maximum atomic E-state index is 13.0. The van der Waals surface area contributed by atoms with Crippen molar-refractivity contribution in [2.45, 2.75) is 51.2 Å². The molecule has 2 aromatic rings. The summed E-state index contributed by atoms with van der Waals surface area (Å²) < 4.78 is 1.62. The van der Waals surface area contributed by atoms with Gasteiger partial charge in [0.1, 0.15) is 4.83 Å². The van der Waals surface area contributed by atoms with Crippen LogP contribution in [0, 0.1) is 5.92 Å². The molecule has 5 nitrogen and oxygen atoms in total. The number of hydrogen-bond donors (Lipinski definition) is 2. The normalized spacial score (nSPS) is 23.8. The standard InChI is InChI=1S/C17H23N3O2S/c1-11-2-3-12-13(8-11)23-15-14(12)16(21)20(10-19-15)9-17(22)4-6-18-7-5-17/h10-11,18,22H,2-9H2,1H3/t11-/m0/s1. The Bertz CT molecular complexity index is 789. The van der Waals surface area contributed by atoms with Gasteiger partial charge in [-0.05, 0) is 56.7 Å². The van der Waals surface area contributed by atoms with Crippen molar-refractivity contribution in [3.63, 3.8) is 0 Å². The lowest BCUT2D eigenvalue weighted by Gasteiger charge is -2.32. The number of aryl methyl sites for hydroxylation is 1. The van der Waals surface area contributed by atoms with Crippen LogP contribution < -0.4 is 10.9 Å².